The Morgan fingerprint density at radius 3 is 2.26 bits per heavy atom. The first kappa shape index (κ1) is 25.1. The maximum atomic E-state index is 9.72. The Bertz CT molecular complexity index is 595. The van der Waals surface area contributed by atoms with Crippen molar-refractivity contribution in [2.75, 3.05) is 20.0 Å². The summed E-state index contributed by atoms with van der Waals surface area (Å²) in [6, 6.07) is 1.11. The predicted octanol–water partition coefficient (Wildman–Crippen LogP) is 4.69. The Morgan fingerprint density at radius 1 is 1.11 bits per heavy atom. The molecule has 0 aliphatic heterocycles. The fourth-order valence-corrected chi connectivity index (χ4v) is 4.52. The molecule has 158 valence electrons. The van der Waals surface area contributed by atoms with Gasteiger partial charge in [-0.05, 0) is 46.8 Å². The Morgan fingerprint density at radius 2 is 1.74 bits per heavy atom. The van der Waals surface area contributed by atoms with Crippen LogP contribution < -0.4 is 4.74 Å². The number of aliphatic hydroxyl groups excluding tert-OH is 1. The summed E-state index contributed by atoms with van der Waals surface area (Å²) < 4.78 is 20.1. The molecule has 0 aromatic carbocycles. The molecule has 0 aliphatic carbocycles. The number of aromatic nitrogens is 2. The van der Waals surface area contributed by atoms with Crippen LogP contribution in [0.1, 0.15) is 26.5 Å². The van der Waals surface area contributed by atoms with Crippen LogP contribution in [0.2, 0.25) is 43.8 Å². The number of halogens is 1. The summed E-state index contributed by atoms with van der Waals surface area (Å²) in [5.41, 5.74) is 0.756. The van der Waals surface area contributed by atoms with Crippen molar-refractivity contribution in [2.45, 2.75) is 77.7 Å². The lowest BCUT2D eigenvalue weighted by molar-refractivity contribution is 0.0183. The third kappa shape index (κ3) is 8.13. The van der Waals surface area contributed by atoms with Crippen molar-refractivity contribution < 1.29 is 19.0 Å². The molecule has 0 saturated carbocycles. The molecule has 0 unspecified atom stereocenters. The van der Waals surface area contributed by atoms with Crippen LogP contribution in [0.25, 0.3) is 0 Å². The molecule has 0 radical (unpaired) electrons. The van der Waals surface area contributed by atoms with Gasteiger partial charge in [0.25, 0.3) is 0 Å². The van der Waals surface area contributed by atoms with Crippen molar-refractivity contribution >= 4 is 39.0 Å². The highest BCUT2D eigenvalue weighted by Crippen LogP contribution is 2.36. The van der Waals surface area contributed by atoms with Gasteiger partial charge in [-0.2, -0.15) is 0 Å². The molecule has 6 nitrogen and oxygen atoms in total. The molecule has 0 saturated heterocycles. The van der Waals surface area contributed by atoms with Crippen molar-refractivity contribution in [3.05, 3.63) is 9.26 Å². The lowest BCUT2D eigenvalue weighted by atomic mass is 10.2. The van der Waals surface area contributed by atoms with Gasteiger partial charge in [-0.3, -0.25) is 4.68 Å². The fraction of sp³-hybridized carbons (Fsp3) is 0.833. The molecular weight excluding hydrogens is 491 g/mol. The van der Waals surface area contributed by atoms with E-state index in [0.717, 1.165) is 15.3 Å². The highest BCUT2D eigenvalue weighted by Gasteiger charge is 2.37. The topological polar surface area (TPSA) is 65.7 Å². The molecule has 1 heterocycles. The number of aliphatic hydroxyl groups is 1. The van der Waals surface area contributed by atoms with E-state index in [-0.39, 0.29) is 18.4 Å². The van der Waals surface area contributed by atoms with E-state index in [0.29, 0.717) is 25.6 Å². The normalized spacial score (nSPS) is 13.3. The smallest absolute Gasteiger partial charge is 0.248 e. The molecule has 0 atom stereocenters. The lowest BCUT2D eigenvalue weighted by Crippen LogP contribution is -2.41. The van der Waals surface area contributed by atoms with Gasteiger partial charge in [0, 0.05) is 14.7 Å². The number of nitrogens with zero attached hydrogens (tertiary/aromatic N) is 2. The first-order valence-corrected chi connectivity index (χ1v) is 17.2. The molecule has 0 amide bonds. The molecule has 0 bridgehead atoms. The van der Waals surface area contributed by atoms with Gasteiger partial charge in [0.1, 0.15) is 3.57 Å². The van der Waals surface area contributed by atoms with E-state index in [1.807, 2.05) is 0 Å². The highest BCUT2D eigenvalue weighted by atomic mass is 127. The Kier molecular flexibility index (Phi) is 9.47. The highest BCUT2D eigenvalue weighted by molar-refractivity contribution is 14.1. The van der Waals surface area contributed by atoms with Crippen LogP contribution in [0.4, 0.5) is 0 Å². The van der Waals surface area contributed by atoms with Crippen LogP contribution in [0.3, 0.4) is 0 Å². The van der Waals surface area contributed by atoms with Gasteiger partial charge < -0.3 is 19.0 Å². The van der Waals surface area contributed by atoms with E-state index in [1.54, 1.807) is 4.68 Å². The van der Waals surface area contributed by atoms with E-state index in [1.165, 1.54) is 0 Å². The third-order valence-electron chi connectivity index (χ3n) is 4.96. The number of ether oxygens (including phenoxy) is 2. The van der Waals surface area contributed by atoms with E-state index in [4.69, 9.17) is 13.9 Å². The van der Waals surface area contributed by atoms with Crippen LogP contribution in [-0.4, -0.2) is 51.3 Å². The minimum atomic E-state index is -1.79. The predicted molar refractivity (Wildman–Crippen MR) is 124 cm³/mol. The first-order chi connectivity index (χ1) is 12.3. The van der Waals surface area contributed by atoms with Gasteiger partial charge in [0.2, 0.25) is 5.88 Å². The van der Waals surface area contributed by atoms with E-state index in [2.05, 4.69) is 81.2 Å². The monoisotopic (exact) mass is 528 g/mol. The minimum absolute atomic E-state index is 0.0782. The molecule has 0 aliphatic rings. The van der Waals surface area contributed by atoms with Crippen molar-refractivity contribution in [3.8, 4) is 5.88 Å². The van der Waals surface area contributed by atoms with E-state index >= 15 is 0 Å². The van der Waals surface area contributed by atoms with Gasteiger partial charge in [0.05, 0.1) is 25.5 Å². The number of rotatable bonds is 11. The Hall–Kier alpha value is 0.0538. The molecule has 0 spiro atoms. The summed E-state index contributed by atoms with van der Waals surface area (Å²) in [5.74, 6) is 0.514. The summed E-state index contributed by atoms with van der Waals surface area (Å²) in [7, 11) is -2.89. The zero-order valence-electron chi connectivity index (χ0n) is 18.2. The van der Waals surface area contributed by atoms with Gasteiger partial charge >= 0.3 is 0 Å². The Labute approximate surface area is 180 Å². The molecule has 0 fully saturated rings. The van der Waals surface area contributed by atoms with Gasteiger partial charge in [0.15, 0.2) is 15.1 Å². The summed E-state index contributed by atoms with van der Waals surface area (Å²) in [5, 5.41) is 14.4. The van der Waals surface area contributed by atoms with Crippen molar-refractivity contribution in [2.24, 2.45) is 0 Å². The van der Waals surface area contributed by atoms with Gasteiger partial charge in [-0.15, -0.1) is 5.10 Å². The molecule has 1 aromatic rings. The maximum Gasteiger partial charge on any atom is 0.248 e. The van der Waals surface area contributed by atoms with Crippen molar-refractivity contribution in [1.29, 1.82) is 0 Å². The number of hydrogen-bond acceptors (Lipinski definition) is 5. The first-order valence-electron chi connectivity index (χ1n) is 9.49. The van der Waals surface area contributed by atoms with Crippen LogP contribution in [0.5, 0.6) is 5.88 Å². The van der Waals surface area contributed by atoms with Gasteiger partial charge in [-0.1, -0.05) is 40.4 Å². The third-order valence-corrected chi connectivity index (χ3v) is 12.3. The quantitative estimate of drug-likeness (QED) is 0.195. The summed E-state index contributed by atoms with van der Waals surface area (Å²) >= 11 is 2.17. The van der Waals surface area contributed by atoms with Gasteiger partial charge in [-0.25, -0.2) is 0 Å². The molecule has 27 heavy (non-hydrogen) atoms. The summed E-state index contributed by atoms with van der Waals surface area (Å²) in [6.45, 7) is 20.1. The average molecular weight is 529 g/mol. The molecule has 1 aromatic heterocycles. The van der Waals surface area contributed by atoms with Crippen LogP contribution >= 0.6 is 22.6 Å². The zero-order valence-corrected chi connectivity index (χ0v) is 22.3. The van der Waals surface area contributed by atoms with E-state index < -0.39 is 16.4 Å². The molecular formula is C18H37IN2O4Si2. The molecule has 9 heteroatoms. The van der Waals surface area contributed by atoms with Crippen LogP contribution in [0.15, 0.2) is 0 Å². The van der Waals surface area contributed by atoms with Crippen LogP contribution in [0, 0.1) is 3.57 Å². The fourth-order valence-electron chi connectivity index (χ4n) is 2.02. The number of hydrogen-bond donors (Lipinski definition) is 1. The Balaban J connectivity index is 2.60. The summed E-state index contributed by atoms with van der Waals surface area (Å²) in [4.78, 5) is 0. The van der Waals surface area contributed by atoms with Crippen LogP contribution in [-0.2, 0) is 22.3 Å². The second-order valence-corrected chi connectivity index (χ2v) is 21.0. The second kappa shape index (κ2) is 10.2. The lowest BCUT2D eigenvalue weighted by Gasteiger charge is -2.36. The van der Waals surface area contributed by atoms with Crippen molar-refractivity contribution in [3.63, 3.8) is 0 Å². The standard InChI is InChI=1S/C18H37IN2O4Si2/c1-18(2,3)27(7,8)25-10-9-21-15(13-22)16(19)17(20-21)24-14-23-11-12-26(4,5)6/h22H,9-14H2,1-8H3. The van der Waals surface area contributed by atoms with Crippen molar-refractivity contribution in [1.82, 2.24) is 9.78 Å². The summed E-state index contributed by atoms with van der Waals surface area (Å²) in [6.07, 6.45) is 0. The second-order valence-electron chi connectivity index (χ2n) is 9.54. The molecule has 1 N–H and O–H groups in total. The SMILES string of the molecule is CC(C)(C)[Si](C)(C)OCCn1nc(OCOCC[Si](C)(C)C)c(I)c1CO. The molecule has 1 rings (SSSR count). The average Bonchev–Trinajstić information content (AvgIpc) is 2.80. The minimum Gasteiger partial charge on any atom is -0.449 e. The largest absolute Gasteiger partial charge is 0.449 e. The van der Waals surface area contributed by atoms with E-state index in [9.17, 15) is 5.11 Å². The zero-order chi connectivity index (χ0) is 20.9. The maximum absolute atomic E-state index is 9.72.